The van der Waals surface area contributed by atoms with E-state index >= 15 is 0 Å². The van der Waals surface area contributed by atoms with Crippen molar-refractivity contribution < 1.29 is 27.8 Å². The number of hydrogen-bond donors (Lipinski definition) is 1. The van der Waals surface area contributed by atoms with Crippen LogP contribution in [0.4, 0.5) is 13.2 Å². The van der Waals surface area contributed by atoms with Gasteiger partial charge in [0.25, 0.3) is 0 Å². The van der Waals surface area contributed by atoms with E-state index in [2.05, 4.69) is 4.98 Å². The van der Waals surface area contributed by atoms with Gasteiger partial charge in [0.1, 0.15) is 12.2 Å². The number of rotatable bonds is 5. The lowest BCUT2D eigenvalue weighted by Crippen LogP contribution is -2.28. The molecule has 33 heavy (non-hydrogen) atoms. The largest absolute Gasteiger partial charge is 0.479 e. The number of pyridine rings is 1. The Hall–Kier alpha value is -2.58. The topological polar surface area (TPSA) is 64.4 Å². The summed E-state index contributed by atoms with van der Waals surface area (Å²) in [5, 5.41) is 11.0. The summed E-state index contributed by atoms with van der Waals surface area (Å²) < 4.78 is 47.1. The van der Waals surface area contributed by atoms with E-state index in [0.717, 1.165) is 4.57 Å². The quantitative estimate of drug-likeness (QED) is 0.435. The maximum Gasteiger partial charge on any atom is 0.406 e. The summed E-state index contributed by atoms with van der Waals surface area (Å²) >= 11 is 6.06. The fourth-order valence-corrected chi connectivity index (χ4v) is 4.12. The molecule has 2 aromatic heterocycles. The van der Waals surface area contributed by atoms with Crippen molar-refractivity contribution in [2.45, 2.75) is 66.0 Å². The van der Waals surface area contributed by atoms with Gasteiger partial charge in [0, 0.05) is 32.9 Å². The molecule has 0 aliphatic rings. The predicted molar refractivity (Wildman–Crippen MR) is 122 cm³/mol. The average molecular weight is 483 g/mol. The molecule has 2 heterocycles. The molecule has 0 fully saturated rings. The molecule has 0 saturated carbocycles. The molecule has 1 atom stereocenters. The minimum atomic E-state index is -4.45. The molecule has 5 nitrogen and oxygen atoms in total. The zero-order valence-electron chi connectivity index (χ0n) is 19.3. The van der Waals surface area contributed by atoms with E-state index in [9.17, 15) is 23.1 Å². The molecule has 0 radical (unpaired) electrons. The summed E-state index contributed by atoms with van der Waals surface area (Å²) in [6.45, 7) is 8.92. The second-order valence-corrected chi connectivity index (χ2v) is 9.49. The van der Waals surface area contributed by atoms with E-state index in [4.69, 9.17) is 16.3 Å². The molecule has 0 unspecified atom stereocenters. The number of hydrogen-bond acceptors (Lipinski definition) is 3. The number of alkyl halides is 3. The molecule has 1 N–H and O–H groups in total. The third-order valence-electron chi connectivity index (χ3n) is 5.41. The standard InChI is InChI=1S/C24H26ClF3N2O3/c1-12-14(3)30(11-24(26,27)28)21-17(12)19(15-7-9-16(25)10-8-15)18(13(2)29-21)20(22(31)32)33-23(4,5)6/h7-10,20H,11H2,1-6H3,(H,31,32)/t20-/m0/s1. The molecule has 0 saturated heterocycles. The summed E-state index contributed by atoms with van der Waals surface area (Å²) in [6, 6.07) is 6.73. The minimum Gasteiger partial charge on any atom is -0.479 e. The van der Waals surface area contributed by atoms with Crippen LogP contribution in [0.15, 0.2) is 24.3 Å². The number of aliphatic carboxylic acids is 1. The molecule has 3 aromatic rings. The van der Waals surface area contributed by atoms with Crippen molar-refractivity contribution >= 4 is 28.6 Å². The van der Waals surface area contributed by atoms with E-state index in [1.54, 1.807) is 65.8 Å². The second kappa shape index (κ2) is 8.65. The molecule has 0 spiro atoms. The lowest BCUT2D eigenvalue weighted by atomic mass is 9.91. The molecule has 0 bridgehead atoms. The van der Waals surface area contributed by atoms with Crippen LogP contribution in [0, 0.1) is 20.8 Å². The first-order valence-corrected chi connectivity index (χ1v) is 10.7. The van der Waals surface area contributed by atoms with Crippen molar-refractivity contribution in [1.29, 1.82) is 0 Å². The number of fused-ring (bicyclic) bond motifs is 1. The molecule has 0 aliphatic carbocycles. The molecule has 178 valence electrons. The van der Waals surface area contributed by atoms with Gasteiger partial charge in [-0.2, -0.15) is 13.2 Å². The normalized spacial score (nSPS) is 13.5. The van der Waals surface area contributed by atoms with Crippen LogP contribution < -0.4 is 0 Å². The Morgan fingerprint density at radius 1 is 1.15 bits per heavy atom. The van der Waals surface area contributed by atoms with Crippen LogP contribution in [-0.2, 0) is 16.1 Å². The highest BCUT2D eigenvalue weighted by Gasteiger charge is 2.35. The van der Waals surface area contributed by atoms with Gasteiger partial charge in [0.2, 0.25) is 0 Å². The second-order valence-electron chi connectivity index (χ2n) is 9.05. The predicted octanol–water partition coefficient (Wildman–Crippen LogP) is 6.79. The number of carboxylic acids is 1. The highest BCUT2D eigenvalue weighted by molar-refractivity contribution is 6.30. The summed E-state index contributed by atoms with van der Waals surface area (Å²) in [5.74, 6) is -1.21. The van der Waals surface area contributed by atoms with Crippen molar-refractivity contribution in [3.05, 3.63) is 51.8 Å². The summed E-state index contributed by atoms with van der Waals surface area (Å²) in [4.78, 5) is 16.8. The number of carboxylic acid groups (broad SMARTS) is 1. The molecular formula is C24H26ClF3N2O3. The highest BCUT2D eigenvalue weighted by Crippen LogP contribution is 2.42. The van der Waals surface area contributed by atoms with Crippen molar-refractivity contribution in [3.8, 4) is 11.1 Å². The number of aromatic nitrogens is 2. The van der Waals surface area contributed by atoms with Gasteiger partial charge in [-0.15, -0.1) is 0 Å². The maximum absolute atomic E-state index is 13.4. The molecule has 3 rings (SSSR count). The number of ether oxygens (including phenoxy) is 1. The van der Waals surface area contributed by atoms with Crippen LogP contribution in [0.25, 0.3) is 22.2 Å². The van der Waals surface area contributed by atoms with Gasteiger partial charge >= 0.3 is 12.1 Å². The zero-order valence-corrected chi connectivity index (χ0v) is 20.0. The number of carbonyl (C=O) groups is 1. The van der Waals surface area contributed by atoms with Crippen LogP contribution in [0.3, 0.4) is 0 Å². The van der Waals surface area contributed by atoms with Gasteiger partial charge in [-0.1, -0.05) is 23.7 Å². The summed E-state index contributed by atoms with van der Waals surface area (Å²) in [7, 11) is 0. The maximum atomic E-state index is 13.4. The monoisotopic (exact) mass is 482 g/mol. The Morgan fingerprint density at radius 3 is 2.21 bits per heavy atom. The van der Waals surface area contributed by atoms with Crippen LogP contribution in [0.5, 0.6) is 0 Å². The van der Waals surface area contributed by atoms with Crippen molar-refractivity contribution in [2.24, 2.45) is 0 Å². The summed E-state index contributed by atoms with van der Waals surface area (Å²) in [6.07, 6.45) is -5.82. The Balaban J connectivity index is 2.48. The first-order valence-electron chi connectivity index (χ1n) is 10.3. The third kappa shape index (κ3) is 5.17. The van der Waals surface area contributed by atoms with Gasteiger partial charge < -0.3 is 14.4 Å². The lowest BCUT2D eigenvalue weighted by Gasteiger charge is -2.28. The average Bonchev–Trinajstić information content (AvgIpc) is 2.88. The van der Waals surface area contributed by atoms with Crippen LogP contribution in [0.1, 0.15) is 49.4 Å². The van der Waals surface area contributed by atoms with E-state index in [-0.39, 0.29) is 11.3 Å². The van der Waals surface area contributed by atoms with E-state index in [1.165, 1.54) is 0 Å². The molecule has 0 amide bonds. The molecule has 0 aliphatic heterocycles. The first kappa shape index (κ1) is 25.1. The molecular weight excluding hydrogens is 457 g/mol. The van der Waals surface area contributed by atoms with Gasteiger partial charge in [-0.05, 0) is 64.8 Å². The zero-order chi connectivity index (χ0) is 24.9. The molecule has 1 aromatic carbocycles. The molecule has 9 heteroatoms. The van der Waals surface area contributed by atoms with Crippen molar-refractivity contribution in [3.63, 3.8) is 0 Å². The number of nitrogens with zero attached hydrogens (tertiary/aromatic N) is 2. The van der Waals surface area contributed by atoms with Gasteiger partial charge in [-0.3, -0.25) is 0 Å². The highest BCUT2D eigenvalue weighted by atomic mass is 35.5. The third-order valence-corrected chi connectivity index (χ3v) is 5.66. The fraction of sp³-hybridized carbons (Fsp3) is 0.417. The Bertz CT molecular complexity index is 1210. The number of benzene rings is 1. The lowest BCUT2D eigenvalue weighted by molar-refractivity contribution is -0.160. The number of aryl methyl sites for hydroxylation is 2. The van der Waals surface area contributed by atoms with E-state index < -0.39 is 30.4 Å². The van der Waals surface area contributed by atoms with Gasteiger partial charge in [-0.25, -0.2) is 9.78 Å². The summed E-state index contributed by atoms with van der Waals surface area (Å²) in [5.41, 5.74) is 2.03. The van der Waals surface area contributed by atoms with E-state index in [0.29, 0.717) is 38.4 Å². The van der Waals surface area contributed by atoms with Gasteiger partial charge in [0.15, 0.2) is 6.10 Å². The van der Waals surface area contributed by atoms with Crippen molar-refractivity contribution in [1.82, 2.24) is 9.55 Å². The first-order chi connectivity index (χ1) is 15.1. The smallest absolute Gasteiger partial charge is 0.406 e. The Labute approximate surface area is 195 Å². The SMILES string of the molecule is Cc1nc2c(c(C)c(C)n2CC(F)(F)F)c(-c2ccc(Cl)cc2)c1[C@H](OC(C)(C)C)C(=O)O. The van der Waals surface area contributed by atoms with Crippen molar-refractivity contribution in [2.75, 3.05) is 0 Å². The van der Waals surface area contributed by atoms with Gasteiger partial charge in [0.05, 0.1) is 5.60 Å². The van der Waals surface area contributed by atoms with Crippen LogP contribution >= 0.6 is 11.6 Å². The fourth-order valence-electron chi connectivity index (χ4n) is 3.99. The number of halogens is 4. The Kier molecular flexibility index (Phi) is 6.56. The van der Waals surface area contributed by atoms with Crippen LogP contribution in [0.2, 0.25) is 5.02 Å². The minimum absolute atomic E-state index is 0.147. The Morgan fingerprint density at radius 2 is 1.73 bits per heavy atom. The van der Waals surface area contributed by atoms with E-state index in [1.807, 2.05) is 0 Å². The van der Waals surface area contributed by atoms with Crippen LogP contribution in [-0.4, -0.2) is 32.4 Å².